The Morgan fingerprint density at radius 1 is 1.18 bits per heavy atom. The zero-order chi connectivity index (χ0) is 20.1. The number of aryl methyl sites for hydroxylation is 1. The molecular weight excluding hydrogens is 374 g/mol. The number of anilines is 1. The van der Waals surface area contributed by atoms with Crippen molar-refractivity contribution in [3.8, 4) is 0 Å². The molecule has 6 heteroatoms. The van der Waals surface area contributed by atoms with Gasteiger partial charge in [-0.2, -0.15) is 0 Å². The van der Waals surface area contributed by atoms with Crippen LogP contribution in [0.3, 0.4) is 0 Å². The maximum Gasteiger partial charge on any atom is 0.261 e. The molecular formula is C22H22ClN3O2. The average Bonchev–Trinajstić information content (AvgIpc) is 2.67. The number of hydrogen-bond acceptors (Lipinski definition) is 3. The molecule has 5 nitrogen and oxygen atoms in total. The molecule has 0 saturated carbocycles. The molecule has 2 heterocycles. The van der Waals surface area contributed by atoms with Gasteiger partial charge in [0.05, 0.1) is 10.7 Å². The highest BCUT2D eigenvalue weighted by Gasteiger charge is 2.20. The molecule has 0 atom stereocenters. The molecule has 0 aliphatic heterocycles. The standard InChI is InChI=1S/C22H22ClN3O2/c1-3-6-19-21(22(28)25-18-8-5-4-7-17(18)23)20(27)13-15(2)26(19)14-16-9-11-24-12-10-16/h4-5,7-13H,3,6,14H2,1-2H3,(H,25,28). The highest BCUT2D eigenvalue weighted by Crippen LogP contribution is 2.22. The Kier molecular flexibility index (Phi) is 6.26. The van der Waals surface area contributed by atoms with Crippen LogP contribution in [-0.2, 0) is 13.0 Å². The molecule has 0 aliphatic rings. The minimum absolute atomic E-state index is 0.168. The van der Waals surface area contributed by atoms with Crippen LogP contribution in [0, 0.1) is 6.92 Å². The molecule has 0 bridgehead atoms. The maximum absolute atomic E-state index is 13.0. The van der Waals surface area contributed by atoms with Gasteiger partial charge in [-0.1, -0.05) is 37.1 Å². The van der Waals surface area contributed by atoms with E-state index in [4.69, 9.17) is 11.6 Å². The zero-order valence-electron chi connectivity index (χ0n) is 15.9. The number of amides is 1. The van der Waals surface area contributed by atoms with Crippen molar-refractivity contribution in [1.82, 2.24) is 9.55 Å². The Balaban J connectivity index is 2.07. The third-order valence-corrected chi connectivity index (χ3v) is 4.88. The molecule has 0 aliphatic carbocycles. The Bertz CT molecular complexity index is 1050. The number of hydrogen-bond donors (Lipinski definition) is 1. The number of pyridine rings is 2. The first-order valence-corrected chi connectivity index (χ1v) is 9.57. The Morgan fingerprint density at radius 3 is 2.57 bits per heavy atom. The Hall–Kier alpha value is -2.92. The fourth-order valence-electron chi connectivity index (χ4n) is 3.21. The summed E-state index contributed by atoms with van der Waals surface area (Å²) in [6.45, 7) is 4.48. The smallest absolute Gasteiger partial charge is 0.261 e. The summed E-state index contributed by atoms with van der Waals surface area (Å²) in [4.78, 5) is 29.8. The first-order valence-electron chi connectivity index (χ1n) is 9.19. The second-order valence-corrected chi connectivity index (χ2v) is 7.00. The fraction of sp³-hybridized carbons (Fsp3) is 0.227. The van der Waals surface area contributed by atoms with Gasteiger partial charge in [-0.05, 0) is 43.2 Å². The summed E-state index contributed by atoms with van der Waals surface area (Å²) in [5.74, 6) is -0.440. The number of nitrogens with one attached hydrogen (secondary N) is 1. The van der Waals surface area contributed by atoms with Crippen molar-refractivity contribution in [3.63, 3.8) is 0 Å². The second-order valence-electron chi connectivity index (χ2n) is 6.60. The summed E-state index contributed by atoms with van der Waals surface area (Å²) >= 11 is 6.16. The minimum Gasteiger partial charge on any atom is -0.343 e. The predicted octanol–water partition coefficient (Wildman–Crippen LogP) is 4.46. The van der Waals surface area contributed by atoms with Gasteiger partial charge in [0.15, 0.2) is 5.43 Å². The summed E-state index contributed by atoms with van der Waals surface area (Å²) < 4.78 is 2.03. The number of nitrogens with zero attached hydrogens (tertiary/aromatic N) is 2. The predicted molar refractivity (Wildman–Crippen MR) is 112 cm³/mol. The molecule has 1 amide bonds. The normalized spacial score (nSPS) is 10.7. The zero-order valence-corrected chi connectivity index (χ0v) is 16.7. The van der Waals surface area contributed by atoms with E-state index in [1.54, 1.807) is 36.7 Å². The summed E-state index contributed by atoms with van der Waals surface area (Å²) in [6, 6.07) is 12.3. The molecule has 0 unspecified atom stereocenters. The lowest BCUT2D eigenvalue weighted by Gasteiger charge is -2.20. The van der Waals surface area contributed by atoms with Crippen LogP contribution in [0.4, 0.5) is 5.69 Å². The van der Waals surface area contributed by atoms with Gasteiger partial charge in [0.25, 0.3) is 5.91 Å². The molecule has 144 valence electrons. The largest absolute Gasteiger partial charge is 0.343 e. The van der Waals surface area contributed by atoms with Crippen LogP contribution in [0.1, 0.15) is 40.7 Å². The van der Waals surface area contributed by atoms with Gasteiger partial charge in [-0.3, -0.25) is 14.6 Å². The van der Waals surface area contributed by atoms with Gasteiger partial charge >= 0.3 is 0 Å². The summed E-state index contributed by atoms with van der Waals surface area (Å²) in [5, 5.41) is 3.21. The third kappa shape index (κ3) is 4.31. The highest BCUT2D eigenvalue weighted by molar-refractivity contribution is 6.33. The van der Waals surface area contributed by atoms with Gasteiger partial charge in [0.1, 0.15) is 5.56 Å². The summed E-state index contributed by atoms with van der Waals surface area (Å²) in [7, 11) is 0. The van der Waals surface area contributed by atoms with E-state index in [1.807, 2.05) is 30.5 Å². The van der Waals surface area contributed by atoms with E-state index >= 15 is 0 Å². The van der Waals surface area contributed by atoms with Crippen molar-refractivity contribution in [1.29, 1.82) is 0 Å². The van der Waals surface area contributed by atoms with Crippen LogP contribution >= 0.6 is 11.6 Å². The molecule has 1 N–H and O–H groups in total. The Morgan fingerprint density at radius 2 is 1.89 bits per heavy atom. The molecule has 0 fully saturated rings. The second kappa shape index (κ2) is 8.85. The van der Waals surface area contributed by atoms with E-state index < -0.39 is 5.91 Å². The number of benzene rings is 1. The van der Waals surface area contributed by atoms with Crippen molar-refractivity contribution in [3.05, 3.63) is 92.6 Å². The number of rotatable bonds is 6. The molecule has 0 saturated heterocycles. The van der Waals surface area contributed by atoms with Crippen molar-refractivity contribution >= 4 is 23.2 Å². The molecule has 0 spiro atoms. The molecule has 1 aromatic carbocycles. The summed E-state index contributed by atoms with van der Waals surface area (Å²) in [5.41, 5.74) is 2.97. The number of para-hydroxylation sites is 1. The number of carbonyl (C=O) groups excluding carboxylic acids is 1. The van der Waals surface area contributed by atoms with E-state index in [-0.39, 0.29) is 11.0 Å². The van der Waals surface area contributed by atoms with Gasteiger partial charge in [-0.25, -0.2) is 0 Å². The van der Waals surface area contributed by atoms with E-state index in [9.17, 15) is 9.59 Å². The third-order valence-electron chi connectivity index (χ3n) is 4.55. The lowest BCUT2D eigenvalue weighted by Crippen LogP contribution is -2.28. The molecule has 28 heavy (non-hydrogen) atoms. The van der Waals surface area contributed by atoms with Crippen molar-refractivity contribution in [2.75, 3.05) is 5.32 Å². The highest BCUT2D eigenvalue weighted by atomic mass is 35.5. The molecule has 2 aromatic heterocycles. The van der Waals surface area contributed by atoms with Gasteiger partial charge in [-0.15, -0.1) is 0 Å². The lowest BCUT2D eigenvalue weighted by molar-refractivity contribution is 0.102. The van der Waals surface area contributed by atoms with E-state index in [0.717, 1.165) is 23.4 Å². The van der Waals surface area contributed by atoms with Crippen molar-refractivity contribution in [2.24, 2.45) is 0 Å². The van der Waals surface area contributed by atoms with Crippen LogP contribution in [0.2, 0.25) is 5.02 Å². The Labute approximate surface area is 169 Å². The van der Waals surface area contributed by atoms with E-state index in [1.165, 1.54) is 6.07 Å². The van der Waals surface area contributed by atoms with Crippen LogP contribution in [0.5, 0.6) is 0 Å². The van der Waals surface area contributed by atoms with Gasteiger partial charge in [0, 0.05) is 36.4 Å². The van der Waals surface area contributed by atoms with Crippen molar-refractivity contribution in [2.45, 2.75) is 33.2 Å². The van der Waals surface area contributed by atoms with E-state index in [0.29, 0.717) is 23.7 Å². The van der Waals surface area contributed by atoms with Crippen LogP contribution in [0.15, 0.2) is 59.7 Å². The van der Waals surface area contributed by atoms with Gasteiger partial charge < -0.3 is 9.88 Å². The summed E-state index contributed by atoms with van der Waals surface area (Å²) in [6.07, 6.45) is 4.90. The average molecular weight is 396 g/mol. The molecule has 3 rings (SSSR count). The number of carbonyl (C=O) groups is 1. The topological polar surface area (TPSA) is 64.0 Å². The SMILES string of the molecule is CCCc1c(C(=O)Nc2ccccc2Cl)c(=O)cc(C)n1Cc1ccncc1. The van der Waals surface area contributed by atoms with Crippen LogP contribution < -0.4 is 10.7 Å². The number of halogens is 1. The first-order chi connectivity index (χ1) is 13.5. The first kappa shape index (κ1) is 19.8. The van der Waals surface area contributed by atoms with E-state index in [2.05, 4.69) is 10.3 Å². The maximum atomic E-state index is 13.0. The van der Waals surface area contributed by atoms with Crippen LogP contribution in [-0.4, -0.2) is 15.5 Å². The monoisotopic (exact) mass is 395 g/mol. The van der Waals surface area contributed by atoms with Gasteiger partial charge in [0.2, 0.25) is 0 Å². The lowest BCUT2D eigenvalue weighted by atomic mass is 10.1. The number of aromatic nitrogens is 2. The molecule has 0 radical (unpaired) electrons. The molecule has 3 aromatic rings. The van der Waals surface area contributed by atoms with Crippen molar-refractivity contribution < 1.29 is 4.79 Å². The minimum atomic E-state index is -0.440. The van der Waals surface area contributed by atoms with Crippen LogP contribution in [0.25, 0.3) is 0 Å². The quantitative estimate of drug-likeness (QED) is 0.670. The fourth-order valence-corrected chi connectivity index (χ4v) is 3.39.